The first-order valence-corrected chi connectivity index (χ1v) is 10.3. The van der Waals surface area contributed by atoms with Crippen LogP contribution in [0.2, 0.25) is 0 Å². The molecule has 0 saturated heterocycles. The second-order valence-electron chi connectivity index (χ2n) is 7.41. The van der Waals surface area contributed by atoms with E-state index in [1.807, 2.05) is 5.32 Å². The van der Waals surface area contributed by atoms with Gasteiger partial charge in [-0.05, 0) is 35.9 Å². The molecule has 35 heavy (non-hydrogen) atoms. The van der Waals surface area contributed by atoms with E-state index >= 15 is 0 Å². The van der Waals surface area contributed by atoms with Crippen LogP contribution in [0.5, 0.6) is 11.8 Å². The van der Waals surface area contributed by atoms with E-state index in [2.05, 4.69) is 9.97 Å². The van der Waals surface area contributed by atoms with E-state index in [1.54, 1.807) is 48.7 Å². The van der Waals surface area contributed by atoms with Crippen molar-refractivity contribution in [3.05, 3.63) is 78.2 Å². The van der Waals surface area contributed by atoms with E-state index in [1.165, 1.54) is 36.9 Å². The third-order valence-electron chi connectivity index (χ3n) is 5.43. The highest BCUT2D eigenvalue weighted by atomic mass is 19.4. The molecule has 4 rings (SSSR count). The van der Waals surface area contributed by atoms with Crippen LogP contribution in [-0.2, 0) is 10.5 Å². The van der Waals surface area contributed by atoms with Crippen LogP contribution in [0.25, 0.3) is 16.8 Å². The lowest BCUT2D eigenvalue weighted by Crippen LogP contribution is -2.58. The fourth-order valence-corrected chi connectivity index (χ4v) is 3.69. The van der Waals surface area contributed by atoms with Crippen LogP contribution >= 0.6 is 0 Å². The lowest BCUT2D eigenvalue weighted by Gasteiger charge is -2.34. The van der Waals surface area contributed by atoms with Crippen LogP contribution in [0, 0.1) is 0 Å². The molecule has 0 aliphatic carbocycles. The quantitative estimate of drug-likeness (QED) is 0.394. The summed E-state index contributed by atoms with van der Waals surface area (Å²) in [6, 6.07) is 14.1. The molecule has 1 aromatic carbocycles. The standard InChI is InChI=1S/C24H21F3N4O4/c1-33-19-10-9-17(14-28-19)16-11-12-31-18(13-16)29-22(34-2)20(31)23(35-3,24(25,26)27)30-21(32)15-7-5-4-6-8-15/h4-14H,1-3H3,(H,30,32). The van der Waals surface area contributed by atoms with Crippen molar-refractivity contribution in [2.24, 2.45) is 0 Å². The second-order valence-corrected chi connectivity index (χ2v) is 7.41. The van der Waals surface area contributed by atoms with Crippen LogP contribution in [0.15, 0.2) is 67.0 Å². The van der Waals surface area contributed by atoms with Gasteiger partial charge in [-0.3, -0.25) is 9.20 Å². The smallest absolute Gasteiger partial charge is 0.443 e. The van der Waals surface area contributed by atoms with Crippen LogP contribution in [0.1, 0.15) is 16.1 Å². The molecule has 11 heteroatoms. The van der Waals surface area contributed by atoms with Crippen molar-refractivity contribution >= 4 is 11.6 Å². The number of pyridine rings is 2. The van der Waals surface area contributed by atoms with Gasteiger partial charge in [0.2, 0.25) is 11.8 Å². The van der Waals surface area contributed by atoms with Crippen LogP contribution in [-0.4, -0.2) is 47.8 Å². The van der Waals surface area contributed by atoms with Gasteiger partial charge in [0.15, 0.2) is 0 Å². The molecule has 0 saturated carbocycles. The summed E-state index contributed by atoms with van der Waals surface area (Å²) in [4.78, 5) is 21.2. The molecule has 0 radical (unpaired) electrons. The predicted octanol–water partition coefficient (Wildman–Crippen LogP) is 4.21. The Labute approximate surface area is 198 Å². The maximum atomic E-state index is 14.6. The zero-order valence-electron chi connectivity index (χ0n) is 19.0. The van der Waals surface area contributed by atoms with Crippen molar-refractivity contribution in [3.63, 3.8) is 0 Å². The van der Waals surface area contributed by atoms with Crippen molar-refractivity contribution in [1.29, 1.82) is 0 Å². The van der Waals surface area contributed by atoms with Crippen molar-refractivity contribution < 1.29 is 32.2 Å². The van der Waals surface area contributed by atoms with Gasteiger partial charge in [-0.2, -0.15) is 18.2 Å². The Hall–Kier alpha value is -4.12. The van der Waals surface area contributed by atoms with Crippen LogP contribution in [0.3, 0.4) is 0 Å². The van der Waals surface area contributed by atoms with Crippen molar-refractivity contribution in [2.75, 3.05) is 21.3 Å². The Morgan fingerprint density at radius 3 is 2.29 bits per heavy atom. The summed E-state index contributed by atoms with van der Waals surface area (Å²) >= 11 is 0. The number of imidazole rings is 1. The molecule has 0 aliphatic rings. The summed E-state index contributed by atoms with van der Waals surface area (Å²) in [6.07, 6.45) is -2.11. The Balaban J connectivity index is 1.86. The Bertz CT molecular complexity index is 1340. The fraction of sp³-hybridized carbons (Fsp3) is 0.208. The molecule has 3 heterocycles. The summed E-state index contributed by atoms with van der Waals surface area (Å²) in [6.45, 7) is 0. The molecule has 1 atom stereocenters. The minimum absolute atomic E-state index is 0.0280. The largest absolute Gasteiger partial charge is 0.481 e. The number of rotatable bonds is 7. The van der Waals surface area contributed by atoms with Crippen molar-refractivity contribution in [1.82, 2.24) is 19.7 Å². The molecule has 182 valence electrons. The molecule has 0 spiro atoms. The fourth-order valence-electron chi connectivity index (χ4n) is 3.69. The number of ether oxygens (including phenoxy) is 3. The summed E-state index contributed by atoms with van der Waals surface area (Å²) in [5.74, 6) is -0.922. The van der Waals surface area contributed by atoms with Gasteiger partial charge in [0.05, 0.1) is 14.2 Å². The Morgan fingerprint density at radius 2 is 1.71 bits per heavy atom. The van der Waals surface area contributed by atoms with E-state index in [0.717, 1.165) is 7.11 Å². The number of benzene rings is 1. The highest BCUT2D eigenvalue weighted by Gasteiger charge is 2.62. The zero-order chi connectivity index (χ0) is 25.2. The first-order valence-electron chi connectivity index (χ1n) is 10.3. The molecule has 0 fully saturated rings. The number of alkyl halides is 3. The number of hydrogen-bond acceptors (Lipinski definition) is 6. The summed E-state index contributed by atoms with van der Waals surface area (Å²) < 4.78 is 60.3. The number of nitrogens with zero attached hydrogens (tertiary/aromatic N) is 3. The summed E-state index contributed by atoms with van der Waals surface area (Å²) in [7, 11) is 3.54. The lowest BCUT2D eigenvalue weighted by molar-refractivity contribution is -0.287. The van der Waals surface area contributed by atoms with Gasteiger partial charge in [-0.15, -0.1) is 0 Å². The van der Waals surface area contributed by atoms with Crippen LogP contribution < -0.4 is 14.8 Å². The topological polar surface area (TPSA) is 87.0 Å². The molecule has 1 N–H and O–H groups in total. The number of carbonyl (C=O) groups excluding carboxylic acids is 1. The number of amides is 1. The van der Waals surface area contributed by atoms with Gasteiger partial charge in [-0.1, -0.05) is 18.2 Å². The van der Waals surface area contributed by atoms with Crippen molar-refractivity contribution in [3.8, 4) is 22.9 Å². The predicted molar refractivity (Wildman–Crippen MR) is 120 cm³/mol. The minimum Gasteiger partial charge on any atom is -0.481 e. The number of aromatic nitrogens is 3. The number of fused-ring (bicyclic) bond motifs is 1. The summed E-state index contributed by atoms with van der Waals surface area (Å²) in [5, 5.41) is 2.01. The van der Waals surface area contributed by atoms with E-state index in [0.29, 0.717) is 17.0 Å². The highest BCUT2D eigenvalue weighted by molar-refractivity contribution is 5.94. The molecule has 3 aromatic heterocycles. The van der Waals surface area contributed by atoms with E-state index in [4.69, 9.17) is 14.2 Å². The first kappa shape index (κ1) is 24.0. The second kappa shape index (κ2) is 9.26. The monoisotopic (exact) mass is 486 g/mol. The lowest BCUT2D eigenvalue weighted by atomic mass is 10.1. The SMILES string of the molecule is COc1ccc(-c2ccn3c(C(NC(=O)c4ccccc4)(OC)C(F)(F)F)c(OC)nc3c2)cn1. The van der Waals surface area contributed by atoms with Gasteiger partial charge in [0.25, 0.3) is 11.6 Å². The molecule has 1 unspecified atom stereocenters. The van der Waals surface area contributed by atoms with E-state index in [9.17, 15) is 18.0 Å². The van der Waals surface area contributed by atoms with E-state index < -0.39 is 23.5 Å². The molecular weight excluding hydrogens is 465 g/mol. The van der Waals surface area contributed by atoms with Gasteiger partial charge in [0, 0.05) is 36.7 Å². The third kappa shape index (κ3) is 4.26. The van der Waals surface area contributed by atoms with Crippen molar-refractivity contribution in [2.45, 2.75) is 11.9 Å². The Kier molecular flexibility index (Phi) is 6.35. The maximum Gasteiger partial charge on any atom is 0.443 e. The molecule has 8 nitrogen and oxygen atoms in total. The van der Waals surface area contributed by atoms with Gasteiger partial charge in [-0.25, -0.2) is 4.98 Å². The molecular formula is C24H21F3N4O4. The maximum absolute atomic E-state index is 14.6. The minimum atomic E-state index is -5.08. The Morgan fingerprint density at radius 1 is 0.971 bits per heavy atom. The molecule has 1 amide bonds. The third-order valence-corrected chi connectivity index (χ3v) is 5.43. The van der Waals surface area contributed by atoms with Gasteiger partial charge < -0.3 is 19.5 Å². The highest BCUT2D eigenvalue weighted by Crippen LogP contribution is 2.44. The number of nitrogens with one attached hydrogen (secondary N) is 1. The van der Waals surface area contributed by atoms with Gasteiger partial charge in [0.1, 0.15) is 11.3 Å². The van der Waals surface area contributed by atoms with Gasteiger partial charge >= 0.3 is 6.18 Å². The number of methoxy groups -OCH3 is 3. The number of halogens is 3. The average Bonchev–Trinajstić information content (AvgIpc) is 3.25. The molecule has 4 aromatic rings. The first-order chi connectivity index (χ1) is 16.7. The molecule has 0 aliphatic heterocycles. The molecule has 0 bridgehead atoms. The normalized spacial score (nSPS) is 13.3. The van der Waals surface area contributed by atoms with Crippen LogP contribution in [0.4, 0.5) is 13.2 Å². The summed E-state index contributed by atoms with van der Waals surface area (Å²) in [5.41, 5.74) is -2.27. The zero-order valence-corrected chi connectivity index (χ0v) is 19.0. The average molecular weight is 486 g/mol. The number of hydrogen-bond donors (Lipinski definition) is 1. The van der Waals surface area contributed by atoms with E-state index in [-0.39, 0.29) is 17.1 Å². The number of carbonyl (C=O) groups is 1.